The summed E-state index contributed by atoms with van der Waals surface area (Å²) >= 11 is 0. The lowest BCUT2D eigenvalue weighted by Crippen LogP contribution is -2.28. The maximum Gasteiger partial charge on any atom is 0.330 e. The minimum atomic E-state index is -0.163. The van der Waals surface area contributed by atoms with E-state index in [0.29, 0.717) is 13.2 Å². The first-order valence-electron chi connectivity index (χ1n) is 24.1. The van der Waals surface area contributed by atoms with Gasteiger partial charge in [0.15, 0.2) is 0 Å². The van der Waals surface area contributed by atoms with E-state index in [9.17, 15) is 14.7 Å². The fourth-order valence-electron chi connectivity index (χ4n) is 7.34. The Kier molecular flexibility index (Phi) is 42.2. The van der Waals surface area contributed by atoms with E-state index < -0.39 is 0 Å². The van der Waals surface area contributed by atoms with Gasteiger partial charge >= 0.3 is 11.9 Å². The third-order valence-corrected chi connectivity index (χ3v) is 10.9. The normalized spacial score (nSPS) is 12.2. The van der Waals surface area contributed by atoms with Crippen LogP contribution in [0.2, 0.25) is 0 Å². The Balaban J connectivity index is 4.39. The van der Waals surface area contributed by atoms with Crippen LogP contribution in [0.5, 0.6) is 0 Å². The Morgan fingerprint density at radius 1 is 0.400 bits per heavy atom. The first-order valence-corrected chi connectivity index (χ1v) is 24.1. The molecule has 0 saturated heterocycles. The van der Waals surface area contributed by atoms with Gasteiger partial charge in [0.1, 0.15) is 0 Å². The molecule has 6 nitrogen and oxygen atoms in total. The number of allylic oxidation sites excluding steroid dienone is 2. The molecule has 0 saturated carbocycles. The SMILES string of the molecule is CCCCCCCCCCC(=CC(=O)OCCCCCN(CCCO)CCCCCOC(=O)/C=C(\CCCCC)CCCCCCCCCC)CCCCC. The van der Waals surface area contributed by atoms with E-state index in [2.05, 4.69) is 32.6 Å². The van der Waals surface area contributed by atoms with Gasteiger partial charge in [-0.15, -0.1) is 0 Å². The number of esters is 2. The molecule has 1 N–H and O–H groups in total. The molecule has 0 amide bonds. The van der Waals surface area contributed by atoms with Crippen molar-refractivity contribution >= 4 is 11.9 Å². The van der Waals surface area contributed by atoms with E-state index in [-0.39, 0.29) is 18.5 Å². The van der Waals surface area contributed by atoms with E-state index >= 15 is 0 Å². The first kappa shape index (κ1) is 53.3. The average Bonchev–Trinajstić information content (AvgIpc) is 3.18. The quantitative estimate of drug-likeness (QED) is 0.0378. The van der Waals surface area contributed by atoms with Crippen LogP contribution in [-0.4, -0.2) is 61.4 Å². The zero-order chi connectivity index (χ0) is 40.3. The molecule has 0 aliphatic heterocycles. The molecule has 0 fully saturated rings. The molecule has 0 spiro atoms. The molecule has 0 aromatic carbocycles. The van der Waals surface area contributed by atoms with Gasteiger partial charge in [-0.05, 0) is 109 Å². The molecule has 324 valence electrons. The molecule has 0 atom stereocenters. The number of nitrogens with zero attached hydrogens (tertiary/aromatic N) is 1. The second kappa shape index (κ2) is 43.5. The van der Waals surface area contributed by atoms with Crippen LogP contribution in [0.4, 0.5) is 0 Å². The highest BCUT2D eigenvalue weighted by Crippen LogP contribution is 2.20. The zero-order valence-corrected chi connectivity index (χ0v) is 37.3. The van der Waals surface area contributed by atoms with Crippen LogP contribution in [0.3, 0.4) is 0 Å². The van der Waals surface area contributed by atoms with Crippen LogP contribution in [0.25, 0.3) is 0 Å². The van der Waals surface area contributed by atoms with Gasteiger partial charge in [-0.1, -0.05) is 154 Å². The zero-order valence-electron chi connectivity index (χ0n) is 37.3. The van der Waals surface area contributed by atoms with Crippen LogP contribution in [-0.2, 0) is 19.1 Å². The third-order valence-electron chi connectivity index (χ3n) is 10.9. The van der Waals surface area contributed by atoms with Gasteiger partial charge < -0.3 is 19.5 Å². The van der Waals surface area contributed by atoms with Crippen LogP contribution in [0.1, 0.15) is 240 Å². The van der Waals surface area contributed by atoms with Crippen molar-refractivity contribution in [2.75, 3.05) is 39.5 Å². The number of rotatable bonds is 43. The topological polar surface area (TPSA) is 76.1 Å². The van der Waals surface area contributed by atoms with Crippen LogP contribution in [0.15, 0.2) is 23.3 Å². The number of hydrogen-bond donors (Lipinski definition) is 1. The molecule has 0 heterocycles. The first-order chi connectivity index (χ1) is 27.0. The number of aliphatic hydroxyl groups is 1. The Morgan fingerprint density at radius 2 is 0.691 bits per heavy atom. The maximum absolute atomic E-state index is 12.6. The Bertz CT molecular complexity index is 832. The number of unbranched alkanes of at least 4 members (excludes halogenated alkanes) is 22. The number of ether oxygens (including phenoxy) is 2. The van der Waals surface area contributed by atoms with E-state index in [1.54, 1.807) is 12.2 Å². The third kappa shape index (κ3) is 39.0. The van der Waals surface area contributed by atoms with Crippen molar-refractivity contribution in [3.05, 3.63) is 23.3 Å². The van der Waals surface area contributed by atoms with Crippen molar-refractivity contribution in [2.45, 2.75) is 240 Å². The highest BCUT2D eigenvalue weighted by Gasteiger charge is 2.08. The molecule has 0 aromatic heterocycles. The Labute approximate surface area is 342 Å². The van der Waals surface area contributed by atoms with Gasteiger partial charge in [-0.3, -0.25) is 0 Å². The minimum absolute atomic E-state index is 0.163. The van der Waals surface area contributed by atoms with Crippen molar-refractivity contribution < 1.29 is 24.2 Å². The van der Waals surface area contributed by atoms with Crippen molar-refractivity contribution in [3.63, 3.8) is 0 Å². The molecule has 55 heavy (non-hydrogen) atoms. The Morgan fingerprint density at radius 3 is 1.05 bits per heavy atom. The second-order valence-electron chi connectivity index (χ2n) is 16.3. The van der Waals surface area contributed by atoms with Crippen molar-refractivity contribution in [2.24, 2.45) is 0 Å². The summed E-state index contributed by atoms with van der Waals surface area (Å²) in [7, 11) is 0. The van der Waals surface area contributed by atoms with Gasteiger partial charge in [0, 0.05) is 25.3 Å². The summed E-state index contributed by atoms with van der Waals surface area (Å²) in [5.41, 5.74) is 2.55. The maximum atomic E-state index is 12.6. The van der Waals surface area contributed by atoms with Crippen LogP contribution < -0.4 is 0 Å². The van der Waals surface area contributed by atoms with Crippen LogP contribution in [0, 0.1) is 0 Å². The Hall–Kier alpha value is -1.66. The molecular formula is C49H93NO5. The summed E-state index contributed by atoms with van der Waals surface area (Å²) in [6.45, 7) is 13.1. The van der Waals surface area contributed by atoms with E-state index in [1.807, 2.05) is 0 Å². The summed E-state index contributed by atoms with van der Waals surface area (Å²) in [5.74, 6) is -0.327. The molecule has 0 unspecified atom stereocenters. The lowest BCUT2D eigenvalue weighted by molar-refractivity contribution is -0.138. The lowest BCUT2D eigenvalue weighted by Gasteiger charge is -2.22. The molecule has 0 aliphatic carbocycles. The summed E-state index contributed by atoms with van der Waals surface area (Å²) in [6.07, 6.45) is 42.5. The molecule has 0 radical (unpaired) electrons. The van der Waals surface area contributed by atoms with Crippen molar-refractivity contribution in [1.82, 2.24) is 4.90 Å². The summed E-state index contributed by atoms with van der Waals surface area (Å²) in [5, 5.41) is 9.43. The highest BCUT2D eigenvalue weighted by molar-refractivity contribution is 5.83. The number of aliphatic hydroxyl groups excluding tert-OH is 1. The second-order valence-corrected chi connectivity index (χ2v) is 16.3. The van der Waals surface area contributed by atoms with Gasteiger partial charge in [-0.25, -0.2) is 9.59 Å². The molecule has 0 rings (SSSR count). The van der Waals surface area contributed by atoms with Crippen LogP contribution >= 0.6 is 0 Å². The van der Waals surface area contributed by atoms with Crippen molar-refractivity contribution in [3.8, 4) is 0 Å². The van der Waals surface area contributed by atoms with Gasteiger partial charge in [-0.2, -0.15) is 0 Å². The van der Waals surface area contributed by atoms with E-state index in [4.69, 9.17) is 9.47 Å². The van der Waals surface area contributed by atoms with Gasteiger partial charge in [0.2, 0.25) is 0 Å². The summed E-state index contributed by atoms with van der Waals surface area (Å²) in [4.78, 5) is 27.7. The predicted octanol–water partition coefficient (Wildman–Crippen LogP) is 14.2. The average molecular weight is 776 g/mol. The largest absolute Gasteiger partial charge is 0.463 e. The van der Waals surface area contributed by atoms with Gasteiger partial charge in [0.05, 0.1) is 13.2 Å². The standard InChI is InChI=1S/C49H93NO5/c1-5-9-13-15-17-19-21-27-36-46(34-25-11-7-3)44-48(52)54-42-31-23-29-38-50(40-33-41-51)39-30-24-32-43-55-49(53)45-47(35-26-12-8-4)37-28-22-20-18-16-14-10-6-2/h44-45,51H,5-43H2,1-4H3/b46-44+,47-45?. The molecule has 0 aliphatic rings. The fraction of sp³-hybridized carbons (Fsp3) is 0.878. The highest BCUT2D eigenvalue weighted by atomic mass is 16.5. The smallest absolute Gasteiger partial charge is 0.330 e. The number of carbonyl (C=O) groups is 2. The van der Waals surface area contributed by atoms with Gasteiger partial charge in [0.25, 0.3) is 0 Å². The monoisotopic (exact) mass is 776 g/mol. The van der Waals surface area contributed by atoms with E-state index in [1.165, 1.54) is 140 Å². The molecular weight excluding hydrogens is 683 g/mol. The molecule has 0 aromatic rings. The van der Waals surface area contributed by atoms with Crippen molar-refractivity contribution in [1.29, 1.82) is 0 Å². The summed E-state index contributed by atoms with van der Waals surface area (Å²) in [6, 6.07) is 0. The minimum Gasteiger partial charge on any atom is -0.463 e. The molecule has 0 bridgehead atoms. The molecule has 6 heteroatoms. The van der Waals surface area contributed by atoms with E-state index in [0.717, 1.165) is 103 Å². The number of carbonyl (C=O) groups excluding carboxylic acids is 2. The summed E-state index contributed by atoms with van der Waals surface area (Å²) < 4.78 is 11.3. The predicted molar refractivity (Wildman–Crippen MR) is 237 cm³/mol. The fourth-order valence-corrected chi connectivity index (χ4v) is 7.34. The lowest BCUT2D eigenvalue weighted by atomic mass is 10.00. The number of hydrogen-bond acceptors (Lipinski definition) is 6.